The molecule has 1 aliphatic heterocycles. The number of morpholine rings is 1. The monoisotopic (exact) mass is 441 g/mol. The number of aliphatic hydroxyl groups is 1. The zero-order valence-corrected chi connectivity index (χ0v) is 18.4. The number of aromatic nitrogens is 3. The van der Waals surface area contributed by atoms with Crippen molar-refractivity contribution in [2.75, 3.05) is 41.8 Å². The summed E-state index contributed by atoms with van der Waals surface area (Å²) < 4.78 is 5.40. The van der Waals surface area contributed by atoms with Gasteiger partial charge in [-0.05, 0) is 44.2 Å². The smallest absolute Gasteiger partial charge is 0.271 e. The van der Waals surface area contributed by atoms with E-state index in [1.165, 1.54) is 0 Å². The highest BCUT2D eigenvalue weighted by atomic mass is 16.5. The molecule has 5 N–H and O–H groups in total. The molecule has 4 rings (SSSR count). The lowest BCUT2D eigenvalue weighted by Crippen LogP contribution is -2.36. The molecule has 0 bridgehead atoms. The van der Waals surface area contributed by atoms with E-state index in [0.29, 0.717) is 37.0 Å². The van der Waals surface area contributed by atoms with Crippen LogP contribution in [0, 0.1) is 0 Å². The number of nitrogens with one attached hydrogen (secondary N) is 2. The molecule has 2 aromatic heterocycles. The summed E-state index contributed by atoms with van der Waals surface area (Å²) in [7, 11) is 0. The van der Waals surface area contributed by atoms with Crippen molar-refractivity contribution in [3.05, 3.63) is 29.7 Å². The number of carbonyl (C=O) groups is 1. The number of nitrogens with two attached hydrogens (primary N) is 1. The molecule has 0 radical (unpaired) electrons. The van der Waals surface area contributed by atoms with Gasteiger partial charge >= 0.3 is 0 Å². The second-order valence-electron chi connectivity index (χ2n) is 8.21. The molecule has 172 valence electrons. The molecule has 0 spiro atoms. The van der Waals surface area contributed by atoms with Gasteiger partial charge in [0, 0.05) is 19.1 Å². The van der Waals surface area contributed by atoms with Crippen LogP contribution in [0.1, 0.15) is 48.8 Å². The first-order valence-electron chi connectivity index (χ1n) is 11.2. The number of aryl methyl sites for hydroxylation is 1. The first kappa shape index (κ1) is 22.2. The molecule has 2 aromatic rings. The first-order chi connectivity index (χ1) is 15.5. The minimum atomic E-state index is -0.646. The van der Waals surface area contributed by atoms with E-state index < -0.39 is 5.91 Å². The lowest BCUT2D eigenvalue weighted by Gasteiger charge is -2.28. The third-order valence-electron chi connectivity index (χ3n) is 5.94. The van der Waals surface area contributed by atoms with E-state index in [9.17, 15) is 9.90 Å². The number of pyridine rings is 1. The van der Waals surface area contributed by atoms with E-state index in [1.54, 1.807) is 6.20 Å². The Bertz CT molecular complexity index is 924. The van der Waals surface area contributed by atoms with Gasteiger partial charge in [-0.15, -0.1) is 0 Å². The van der Waals surface area contributed by atoms with Crippen LogP contribution in [0.2, 0.25) is 0 Å². The molecular weight excluding hydrogens is 410 g/mol. The van der Waals surface area contributed by atoms with Crippen molar-refractivity contribution in [1.29, 1.82) is 0 Å². The van der Waals surface area contributed by atoms with Gasteiger partial charge in [0.1, 0.15) is 5.82 Å². The zero-order chi connectivity index (χ0) is 22.5. The fourth-order valence-electron chi connectivity index (χ4n) is 4.09. The maximum atomic E-state index is 12.1. The fraction of sp³-hybridized carbons (Fsp3) is 0.545. The molecule has 1 amide bonds. The molecule has 10 heteroatoms. The summed E-state index contributed by atoms with van der Waals surface area (Å²) in [5.74, 6) is 0.813. The highest BCUT2D eigenvalue weighted by Crippen LogP contribution is 2.26. The number of aliphatic hydroxyl groups excluding tert-OH is 1. The normalized spacial score (nSPS) is 21.2. The Morgan fingerprint density at radius 1 is 1.19 bits per heavy atom. The number of primary amides is 1. The first-order valence-corrected chi connectivity index (χ1v) is 11.2. The Morgan fingerprint density at radius 3 is 2.56 bits per heavy atom. The van der Waals surface area contributed by atoms with Crippen LogP contribution in [0.5, 0.6) is 0 Å². The summed E-state index contributed by atoms with van der Waals surface area (Å²) in [4.78, 5) is 27.9. The van der Waals surface area contributed by atoms with E-state index >= 15 is 0 Å². The number of anilines is 4. The standard InChI is InChI=1S/C22H31N7O3/c1-2-17-21(25-14-3-6-16(30)7-4-14)28-22(19(26-17)20(23)31)27-18-8-5-15(13-24-18)29-9-11-32-12-10-29/h5,8,13-14,16,30H,2-4,6-7,9-12H2,1H3,(H2,23,31)(H2,24,25,27,28). The van der Waals surface area contributed by atoms with Gasteiger partial charge in [-0.25, -0.2) is 15.0 Å². The van der Waals surface area contributed by atoms with Crippen LogP contribution in [0.3, 0.4) is 0 Å². The zero-order valence-electron chi connectivity index (χ0n) is 18.4. The number of nitrogens with zero attached hydrogens (tertiary/aromatic N) is 4. The number of ether oxygens (including phenoxy) is 1. The number of amides is 1. The molecule has 2 fully saturated rings. The van der Waals surface area contributed by atoms with Crippen molar-refractivity contribution >= 4 is 29.0 Å². The largest absolute Gasteiger partial charge is 0.393 e. The van der Waals surface area contributed by atoms with Gasteiger partial charge in [0.05, 0.1) is 36.9 Å². The number of hydrogen-bond acceptors (Lipinski definition) is 9. The van der Waals surface area contributed by atoms with Gasteiger partial charge in [0.25, 0.3) is 5.91 Å². The molecule has 1 aliphatic carbocycles. The van der Waals surface area contributed by atoms with E-state index in [0.717, 1.165) is 44.5 Å². The van der Waals surface area contributed by atoms with Crippen molar-refractivity contribution in [1.82, 2.24) is 15.0 Å². The lowest BCUT2D eigenvalue weighted by molar-refractivity contribution is 0.0995. The minimum Gasteiger partial charge on any atom is -0.393 e. The van der Waals surface area contributed by atoms with Crippen LogP contribution >= 0.6 is 0 Å². The molecule has 10 nitrogen and oxygen atoms in total. The Labute approximate surface area is 187 Å². The summed E-state index contributed by atoms with van der Waals surface area (Å²) in [5.41, 5.74) is 7.39. The van der Waals surface area contributed by atoms with Crippen molar-refractivity contribution in [2.45, 2.75) is 51.2 Å². The van der Waals surface area contributed by atoms with E-state index in [4.69, 9.17) is 10.5 Å². The van der Waals surface area contributed by atoms with Gasteiger partial charge in [0.2, 0.25) is 0 Å². The highest BCUT2D eigenvalue weighted by molar-refractivity contribution is 5.96. The van der Waals surface area contributed by atoms with E-state index in [1.807, 2.05) is 19.1 Å². The molecule has 0 aromatic carbocycles. The van der Waals surface area contributed by atoms with Crippen molar-refractivity contribution in [3.63, 3.8) is 0 Å². The summed E-state index contributed by atoms with van der Waals surface area (Å²) in [6.07, 6.45) is 5.40. The van der Waals surface area contributed by atoms with E-state index in [2.05, 4.69) is 30.5 Å². The second kappa shape index (κ2) is 10.1. The van der Waals surface area contributed by atoms with E-state index in [-0.39, 0.29) is 23.7 Å². The van der Waals surface area contributed by atoms with Crippen LogP contribution in [0.15, 0.2) is 18.3 Å². The number of carbonyl (C=O) groups excluding carboxylic acids is 1. The van der Waals surface area contributed by atoms with Crippen molar-refractivity contribution in [3.8, 4) is 0 Å². The summed E-state index contributed by atoms with van der Waals surface area (Å²) in [5, 5.41) is 16.3. The lowest BCUT2D eigenvalue weighted by atomic mass is 9.93. The SMILES string of the molecule is CCc1nc(C(N)=O)c(Nc2ccc(N3CCOCC3)cn2)nc1NC1CCC(O)CC1. The average molecular weight is 442 g/mol. The van der Waals surface area contributed by atoms with Crippen LogP contribution in [0.4, 0.5) is 23.1 Å². The Kier molecular flexibility index (Phi) is 7.01. The fourth-order valence-corrected chi connectivity index (χ4v) is 4.09. The van der Waals surface area contributed by atoms with Gasteiger partial charge in [-0.2, -0.15) is 0 Å². The Balaban J connectivity index is 1.55. The maximum Gasteiger partial charge on any atom is 0.271 e. The molecule has 32 heavy (non-hydrogen) atoms. The summed E-state index contributed by atoms with van der Waals surface area (Å²) in [6.45, 7) is 5.03. The van der Waals surface area contributed by atoms with Crippen LogP contribution < -0.4 is 21.3 Å². The molecule has 0 unspecified atom stereocenters. The highest BCUT2D eigenvalue weighted by Gasteiger charge is 2.23. The minimum absolute atomic E-state index is 0.0884. The van der Waals surface area contributed by atoms with Crippen molar-refractivity contribution in [2.24, 2.45) is 5.73 Å². The predicted octanol–water partition coefficient (Wildman–Crippen LogP) is 1.83. The Morgan fingerprint density at radius 2 is 1.94 bits per heavy atom. The van der Waals surface area contributed by atoms with Crippen molar-refractivity contribution < 1.29 is 14.6 Å². The molecule has 1 saturated carbocycles. The quantitative estimate of drug-likeness (QED) is 0.507. The van der Waals surface area contributed by atoms with Gasteiger partial charge in [-0.3, -0.25) is 4.79 Å². The third-order valence-corrected chi connectivity index (χ3v) is 5.94. The third kappa shape index (κ3) is 5.25. The molecular formula is C22H31N7O3. The molecule has 0 atom stereocenters. The van der Waals surface area contributed by atoms with Crippen LogP contribution in [-0.2, 0) is 11.2 Å². The summed E-state index contributed by atoms with van der Waals surface area (Å²) in [6, 6.07) is 4.03. The Hall–Kier alpha value is -2.98. The molecule has 1 saturated heterocycles. The van der Waals surface area contributed by atoms with Gasteiger partial charge in [-0.1, -0.05) is 6.92 Å². The molecule has 3 heterocycles. The van der Waals surface area contributed by atoms with Gasteiger partial charge in [0.15, 0.2) is 17.3 Å². The molecule has 2 aliphatic rings. The topological polar surface area (TPSA) is 139 Å². The van der Waals surface area contributed by atoms with Gasteiger partial charge < -0.3 is 31.1 Å². The van der Waals surface area contributed by atoms with Crippen LogP contribution in [0.25, 0.3) is 0 Å². The average Bonchev–Trinajstić information content (AvgIpc) is 2.81. The van der Waals surface area contributed by atoms with Crippen LogP contribution in [-0.4, -0.2) is 64.4 Å². The number of hydrogen-bond donors (Lipinski definition) is 4. The summed E-state index contributed by atoms with van der Waals surface area (Å²) >= 11 is 0. The maximum absolute atomic E-state index is 12.1. The second-order valence-corrected chi connectivity index (χ2v) is 8.21. The number of rotatable bonds is 7. The predicted molar refractivity (Wildman–Crippen MR) is 122 cm³/mol.